The van der Waals surface area contributed by atoms with Crippen LogP contribution in [0.3, 0.4) is 0 Å². The number of likely N-dealkylation sites (N-methyl/N-ethyl adjacent to an activating group) is 1. The Labute approximate surface area is 170 Å². The number of aryl methyl sites for hydroxylation is 2. The van der Waals surface area contributed by atoms with Gasteiger partial charge in [0, 0.05) is 37.7 Å². The third kappa shape index (κ3) is 3.90. The molecule has 0 fully saturated rings. The van der Waals surface area contributed by atoms with Crippen molar-refractivity contribution in [3.8, 4) is 11.3 Å². The van der Waals surface area contributed by atoms with E-state index in [1.54, 1.807) is 17.3 Å². The number of hydrogen-bond donors (Lipinski definition) is 0. The highest BCUT2D eigenvalue weighted by atomic mass is 16.2. The fourth-order valence-electron chi connectivity index (χ4n) is 3.40. The van der Waals surface area contributed by atoms with Gasteiger partial charge in [0.15, 0.2) is 0 Å². The molecule has 5 heteroatoms. The van der Waals surface area contributed by atoms with Crippen LogP contribution in [0.5, 0.6) is 0 Å². The Bertz CT molecular complexity index is 1150. The van der Waals surface area contributed by atoms with E-state index < -0.39 is 0 Å². The molecule has 4 aromatic rings. The van der Waals surface area contributed by atoms with Crippen molar-refractivity contribution in [2.24, 2.45) is 0 Å². The summed E-state index contributed by atoms with van der Waals surface area (Å²) in [6, 6.07) is 16.1. The first-order chi connectivity index (χ1) is 14.0. The molecule has 0 saturated carbocycles. The summed E-state index contributed by atoms with van der Waals surface area (Å²) in [5.74, 6) is -0.0345. The Morgan fingerprint density at radius 1 is 0.966 bits per heavy atom. The Kier molecular flexibility index (Phi) is 5.12. The van der Waals surface area contributed by atoms with E-state index in [-0.39, 0.29) is 5.91 Å². The maximum absolute atomic E-state index is 13.5. The van der Waals surface area contributed by atoms with Gasteiger partial charge in [0.25, 0.3) is 5.91 Å². The zero-order chi connectivity index (χ0) is 20.4. The Balaban J connectivity index is 1.72. The van der Waals surface area contributed by atoms with Gasteiger partial charge in [-0.3, -0.25) is 14.2 Å². The highest BCUT2D eigenvalue weighted by molar-refractivity contribution is 5.99. The van der Waals surface area contributed by atoms with E-state index in [9.17, 15) is 4.79 Å². The Morgan fingerprint density at radius 2 is 1.66 bits per heavy atom. The number of pyridine rings is 2. The monoisotopic (exact) mass is 384 g/mol. The van der Waals surface area contributed by atoms with E-state index in [1.807, 2.05) is 73.1 Å². The fraction of sp³-hybridized carbons (Fsp3) is 0.208. The molecule has 0 bridgehead atoms. The van der Waals surface area contributed by atoms with E-state index in [1.165, 1.54) is 5.56 Å². The predicted octanol–water partition coefficient (Wildman–Crippen LogP) is 4.33. The van der Waals surface area contributed by atoms with Gasteiger partial charge in [0.1, 0.15) is 17.0 Å². The number of carbonyl (C=O) groups excluding carboxylic acids is 1. The van der Waals surface area contributed by atoms with Gasteiger partial charge in [-0.25, -0.2) is 4.98 Å². The molecular formula is C24H24N4O. The average Bonchev–Trinajstić information content (AvgIpc) is 3.11. The van der Waals surface area contributed by atoms with Crippen molar-refractivity contribution >= 4 is 11.6 Å². The summed E-state index contributed by atoms with van der Waals surface area (Å²) in [7, 11) is 1.84. The molecule has 0 aliphatic rings. The molecule has 1 amide bonds. The van der Waals surface area contributed by atoms with Crippen LogP contribution in [0.4, 0.5) is 0 Å². The first kappa shape index (κ1) is 18.9. The lowest BCUT2D eigenvalue weighted by atomic mass is 10.1. The second-order valence-electron chi connectivity index (χ2n) is 7.44. The van der Waals surface area contributed by atoms with E-state index in [2.05, 4.69) is 11.9 Å². The zero-order valence-electron chi connectivity index (χ0n) is 17.0. The number of carbonyl (C=O) groups is 1. The highest BCUT2D eigenvalue weighted by Gasteiger charge is 2.23. The molecule has 0 radical (unpaired) electrons. The Hall–Kier alpha value is -3.47. The lowest BCUT2D eigenvalue weighted by Gasteiger charge is -2.18. The number of rotatable bonds is 5. The van der Waals surface area contributed by atoms with Crippen molar-refractivity contribution in [1.82, 2.24) is 19.3 Å². The molecule has 3 heterocycles. The number of aromatic nitrogens is 3. The topological polar surface area (TPSA) is 50.5 Å². The van der Waals surface area contributed by atoms with Gasteiger partial charge in [-0.15, -0.1) is 0 Å². The number of hydrogen-bond acceptors (Lipinski definition) is 3. The summed E-state index contributed by atoms with van der Waals surface area (Å²) < 4.78 is 1.91. The van der Waals surface area contributed by atoms with Crippen molar-refractivity contribution in [3.63, 3.8) is 0 Å². The summed E-state index contributed by atoms with van der Waals surface area (Å²) in [4.78, 5) is 24.1. The first-order valence-corrected chi connectivity index (χ1v) is 9.73. The lowest BCUT2D eigenvalue weighted by Crippen LogP contribution is -2.30. The van der Waals surface area contributed by atoms with Gasteiger partial charge in [0.2, 0.25) is 0 Å². The average molecular weight is 384 g/mol. The van der Waals surface area contributed by atoms with E-state index in [0.717, 1.165) is 34.5 Å². The minimum absolute atomic E-state index is 0.0345. The van der Waals surface area contributed by atoms with Crippen LogP contribution in [0.15, 0.2) is 67.1 Å². The maximum atomic E-state index is 13.5. The van der Waals surface area contributed by atoms with Crippen LogP contribution in [0, 0.1) is 13.8 Å². The van der Waals surface area contributed by atoms with E-state index >= 15 is 0 Å². The molecular weight excluding hydrogens is 360 g/mol. The second-order valence-corrected chi connectivity index (χ2v) is 7.44. The molecule has 0 atom stereocenters. The number of nitrogens with zero attached hydrogens (tertiary/aromatic N) is 4. The quantitative estimate of drug-likeness (QED) is 0.515. The van der Waals surface area contributed by atoms with E-state index in [0.29, 0.717) is 12.2 Å². The molecule has 5 nitrogen and oxygen atoms in total. The predicted molar refractivity (Wildman–Crippen MR) is 115 cm³/mol. The van der Waals surface area contributed by atoms with Gasteiger partial charge in [-0.1, -0.05) is 35.9 Å². The number of amides is 1. The maximum Gasteiger partial charge on any atom is 0.272 e. The van der Waals surface area contributed by atoms with Crippen LogP contribution in [0.2, 0.25) is 0 Å². The molecule has 4 rings (SSSR count). The van der Waals surface area contributed by atoms with Crippen LogP contribution < -0.4 is 0 Å². The molecule has 1 aromatic carbocycles. The number of fused-ring (bicyclic) bond motifs is 1. The van der Waals surface area contributed by atoms with Crippen LogP contribution in [0.25, 0.3) is 16.9 Å². The zero-order valence-corrected chi connectivity index (χ0v) is 17.0. The van der Waals surface area contributed by atoms with Crippen LogP contribution in [0.1, 0.15) is 27.2 Å². The smallest absolute Gasteiger partial charge is 0.272 e. The van der Waals surface area contributed by atoms with Crippen LogP contribution >= 0.6 is 0 Å². The molecule has 0 unspecified atom stereocenters. The van der Waals surface area contributed by atoms with Crippen molar-refractivity contribution < 1.29 is 4.79 Å². The largest absolute Gasteiger partial charge is 0.340 e. The SMILES string of the molecule is Cc1ccc(-c2nc3ccc(C)cn3c2C(=O)N(C)CCc2ccncc2)cc1. The third-order valence-corrected chi connectivity index (χ3v) is 5.13. The lowest BCUT2D eigenvalue weighted by molar-refractivity contribution is 0.0790. The molecule has 0 N–H and O–H groups in total. The molecule has 29 heavy (non-hydrogen) atoms. The molecule has 0 saturated heterocycles. The van der Waals surface area contributed by atoms with Crippen molar-refractivity contribution in [1.29, 1.82) is 0 Å². The number of imidazole rings is 1. The van der Waals surface area contributed by atoms with Crippen molar-refractivity contribution in [2.75, 3.05) is 13.6 Å². The normalized spacial score (nSPS) is 11.0. The minimum atomic E-state index is -0.0345. The Morgan fingerprint density at radius 3 is 2.38 bits per heavy atom. The van der Waals surface area contributed by atoms with Crippen molar-refractivity contribution in [2.45, 2.75) is 20.3 Å². The van der Waals surface area contributed by atoms with Crippen LogP contribution in [-0.4, -0.2) is 38.8 Å². The summed E-state index contributed by atoms with van der Waals surface area (Å²) in [6.07, 6.45) is 6.31. The summed E-state index contributed by atoms with van der Waals surface area (Å²) >= 11 is 0. The van der Waals surface area contributed by atoms with Gasteiger partial charge < -0.3 is 4.90 Å². The molecule has 0 aliphatic carbocycles. The standard InChI is InChI=1S/C24H24N4O/c1-17-4-7-20(8-5-17)22-23(28-16-18(2)6-9-21(28)26-22)24(29)27(3)15-12-19-10-13-25-14-11-19/h4-11,13-14,16H,12,15H2,1-3H3. The van der Waals surface area contributed by atoms with E-state index in [4.69, 9.17) is 4.98 Å². The third-order valence-electron chi connectivity index (χ3n) is 5.13. The highest BCUT2D eigenvalue weighted by Crippen LogP contribution is 2.26. The minimum Gasteiger partial charge on any atom is -0.340 e. The fourth-order valence-corrected chi connectivity index (χ4v) is 3.40. The van der Waals surface area contributed by atoms with Crippen LogP contribution in [-0.2, 0) is 6.42 Å². The van der Waals surface area contributed by atoms with Gasteiger partial charge in [0.05, 0.1) is 0 Å². The molecule has 0 aliphatic heterocycles. The summed E-state index contributed by atoms with van der Waals surface area (Å²) in [6.45, 7) is 4.69. The van der Waals surface area contributed by atoms with Crippen molar-refractivity contribution in [3.05, 3.63) is 89.5 Å². The summed E-state index contributed by atoms with van der Waals surface area (Å²) in [5.41, 5.74) is 6.46. The van der Waals surface area contributed by atoms with Gasteiger partial charge in [-0.2, -0.15) is 0 Å². The van der Waals surface area contributed by atoms with Gasteiger partial charge >= 0.3 is 0 Å². The van der Waals surface area contributed by atoms with Gasteiger partial charge in [-0.05, 0) is 49.6 Å². The second kappa shape index (κ2) is 7.87. The summed E-state index contributed by atoms with van der Waals surface area (Å²) in [5, 5.41) is 0. The number of benzene rings is 1. The first-order valence-electron chi connectivity index (χ1n) is 9.73. The molecule has 3 aromatic heterocycles. The molecule has 0 spiro atoms. The molecule has 146 valence electrons.